The Morgan fingerprint density at radius 1 is 1.43 bits per heavy atom. The molecule has 0 aliphatic carbocycles. The second kappa shape index (κ2) is 5.53. The summed E-state index contributed by atoms with van der Waals surface area (Å²) in [5, 5.41) is 11.4. The lowest BCUT2D eigenvalue weighted by atomic mass is 10.1. The maximum absolute atomic E-state index is 12.9. The minimum Gasteiger partial charge on any atom is -0.476 e. The van der Waals surface area contributed by atoms with Crippen LogP contribution in [0.1, 0.15) is 20.9 Å². The maximum Gasteiger partial charge on any atom is 0.418 e. The van der Waals surface area contributed by atoms with Gasteiger partial charge in [-0.1, -0.05) is 11.6 Å². The Morgan fingerprint density at radius 2 is 2.10 bits per heavy atom. The van der Waals surface area contributed by atoms with Gasteiger partial charge in [-0.05, 0) is 25.1 Å². The largest absolute Gasteiger partial charge is 0.476 e. The fourth-order valence-corrected chi connectivity index (χ4v) is 2.61. The number of carboxylic acid groups (broad SMARTS) is 1. The number of aromatic carboxylic acids is 1. The molecule has 0 radical (unpaired) electrons. The quantitative estimate of drug-likeness (QED) is 0.862. The van der Waals surface area contributed by atoms with E-state index < -0.39 is 17.7 Å². The van der Waals surface area contributed by atoms with Gasteiger partial charge in [0, 0.05) is 9.90 Å². The lowest BCUT2D eigenvalue weighted by Gasteiger charge is -2.13. The van der Waals surface area contributed by atoms with Gasteiger partial charge in [0.2, 0.25) is 0 Å². The third-order valence-electron chi connectivity index (χ3n) is 2.53. The monoisotopic (exact) mass is 336 g/mol. The molecule has 4 nitrogen and oxygen atoms in total. The summed E-state index contributed by atoms with van der Waals surface area (Å²) in [6.45, 7) is 1.53. The first-order valence-electron chi connectivity index (χ1n) is 5.53. The van der Waals surface area contributed by atoms with Crippen LogP contribution in [0.5, 0.6) is 0 Å². The van der Waals surface area contributed by atoms with Gasteiger partial charge in [0.05, 0.1) is 11.3 Å². The molecule has 0 aliphatic heterocycles. The summed E-state index contributed by atoms with van der Waals surface area (Å²) >= 11 is 6.54. The SMILES string of the molecule is Cc1sc(Nc2ccc(Cl)cc2C(F)(F)F)nc1C(=O)O. The van der Waals surface area contributed by atoms with Crippen molar-refractivity contribution in [1.82, 2.24) is 4.98 Å². The van der Waals surface area contributed by atoms with Gasteiger partial charge >= 0.3 is 12.1 Å². The molecule has 112 valence electrons. The molecule has 1 aromatic heterocycles. The van der Waals surface area contributed by atoms with Crippen LogP contribution in [0.2, 0.25) is 5.02 Å². The van der Waals surface area contributed by atoms with E-state index in [9.17, 15) is 18.0 Å². The fourth-order valence-electron chi connectivity index (χ4n) is 1.62. The molecule has 0 atom stereocenters. The minimum absolute atomic E-state index is 0.0468. The van der Waals surface area contributed by atoms with E-state index >= 15 is 0 Å². The van der Waals surface area contributed by atoms with E-state index in [1.807, 2.05) is 0 Å². The van der Waals surface area contributed by atoms with Crippen molar-refractivity contribution in [3.8, 4) is 0 Å². The molecule has 0 aliphatic rings. The van der Waals surface area contributed by atoms with Crippen molar-refractivity contribution in [1.29, 1.82) is 0 Å². The Kier molecular flexibility index (Phi) is 4.11. The molecular formula is C12H8ClF3N2O2S. The third kappa shape index (κ3) is 3.45. The fraction of sp³-hybridized carbons (Fsp3) is 0.167. The number of benzene rings is 1. The Hall–Kier alpha value is -1.80. The van der Waals surface area contributed by atoms with E-state index in [0.29, 0.717) is 4.88 Å². The van der Waals surface area contributed by atoms with Crippen molar-refractivity contribution < 1.29 is 23.1 Å². The van der Waals surface area contributed by atoms with E-state index in [1.54, 1.807) is 0 Å². The molecule has 2 rings (SSSR count). The van der Waals surface area contributed by atoms with Gasteiger partial charge in [-0.25, -0.2) is 9.78 Å². The maximum atomic E-state index is 12.9. The Balaban J connectivity index is 2.40. The topological polar surface area (TPSA) is 62.2 Å². The van der Waals surface area contributed by atoms with Gasteiger partial charge in [0.1, 0.15) is 0 Å². The van der Waals surface area contributed by atoms with Crippen LogP contribution in [0, 0.1) is 6.92 Å². The van der Waals surface area contributed by atoms with Gasteiger partial charge in [0.15, 0.2) is 10.8 Å². The number of aromatic nitrogens is 1. The number of alkyl halides is 3. The highest BCUT2D eigenvalue weighted by atomic mass is 35.5. The first kappa shape index (κ1) is 15.6. The van der Waals surface area contributed by atoms with Crippen molar-refractivity contribution in [2.75, 3.05) is 5.32 Å². The Morgan fingerprint density at radius 3 is 2.62 bits per heavy atom. The first-order valence-corrected chi connectivity index (χ1v) is 6.72. The highest BCUT2D eigenvalue weighted by molar-refractivity contribution is 7.15. The van der Waals surface area contributed by atoms with Crippen LogP contribution in [0.15, 0.2) is 18.2 Å². The van der Waals surface area contributed by atoms with Crippen molar-refractivity contribution in [2.24, 2.45) is 0 Å². The smallest absolute Gasteiger partial charge is 0.418 e. The van der Waals surface area contributed by atoms with Crippen molar-refractivity contribution in [2.45, 2.75) is 13.1 Å². The highest BCUT2D eigenvalue weighted by Crippen LogP contribution is 2.38. The zero-order valence-electron chi connectivity index (χ0n) is 10.5. The number of nitrogens with zero attached hydrogens (tertiary/aromatic N) is 1. The summed E-state index contributed by atoms with van der Waals surface area (Å²) in [5.41, 5.74) is -1.37. The number of carboxylic acids is 1. The predicted octanol–water partition coefficient (Wildman–Crippen LogP) is 4.57. The Bertz CT molecular complexity index is 700. The number of aryl methyl sites for hydroxylation is 1. The van der Waals surface area contributed by atoms with Crippen molar-refractivity contribution in [3.63, 3.8) is 0 Å². The van der Waals surface area contributed by atoms with Gasteiger partial charge in [-0.3, -0.25) is 0 Å². The van der Waals surface area contributed by atoms with Gasteiger partial charge in [-0.2, -0.15) is 13.2 Å². The zero-order chi connectivity index (χ0) is 15.8. The summed E-state index contributed by atoms with van der Waals surface area (Å²) in [5.74, 6) is -1.23. The molecule has 1 aromatic carbocycles. The number of rotatable bonds is 3. The van der Waals surface area contributed by atoms with Crippen LogP contribution in [0.4, 0.5) is 24.0 Å². The van der Waals surface area contributed by atoms with Crippen molar-refractivity contribution in [3.05, 3.63) is 39.4 Å². The van der Waals surface area contributed by atoms with Gasteiger partial charge < -0.3 is 10.4 Å². The zero-order valence-corrected chi connectivity index (χ0v) is 12.0. The van der Waals surface area contributed by atoms with E-state index in [-0.39, 0.29) is 21.5 Å². The molecule has 9 heteroatoms. The molecule has 21 heavy (non-hydrogen) atoms. The van der Waals surface area contributed by atoms with Gasteiger partial charge in [0.25, 0.3) is 0 Å². The Labute approximate surface area is 126 Å². The lowest BCUT2D eigenvalue weighted by Crippen LogP contribution is -2.09. The third-order valence-corrected chi connectivity index (χ3v) is 3.65. The summed E-state index contributed by atoms with van der Waals surface area (Å²) in [6, 6.07) is 3.27. The number of nitrogens with one attached hydrogen (secondary N) is 1. The van der Waals surface area contributed by atoms with Crippen LogP contribution < -0.4 is 5.32 Å². The normalized spacial score (nSPS) is 11.5. The predicted molar refractivity (Wildman–Crippen MR) is 73.5 cm³/mol. The number of thiazole rings is 1. The molecule has 0 spiro atoms. The van der Waals surface area contributed by atoms with Crippen LogP contribution in [0.3, 0.4) is 0 Å². The van der Waals surface area contributed by atoms with Crippen LogP contribution in [-0.2, 0) is 6.18 Å². The number of carbonyl (C=O) groups is 1. The second-order valence-corrected chi connectivity index (χ2v) is 5.68. The number of anilines is 2. The summed E-state index contributed by atoms with van der Waals surface area (Å²) in [6.07, 6.45) is -4.59. The molecule has 0 amide bonds. The van der Waals surface area contributed by atoms with E-state index in [1.165, 1.54) is 19.1 Å². The number of halogens is 4. The molecule has 1 heterocycles. The molecule has 0 saturated carbocycles. The molecule has 0 bridgehead atoms. The number of hydrogen-bond donors (Lipinski definition) is 2. The first-order chi connectivity index (χ1) is 9.68. The van der Waals surface area contributed by atoms with Crippen LogP contribution in [0.25, 0.3) is 0 Å². The lowest BCUT2D eigenvalue weighted by molar-refractivity contribution is -0.136. The van der Waals surface area contributed by atoms with E-state index in [2.05, 4.69) is 10.3 Å². The number of hydrogen-bond acceptors (Lipinski definition) is 4. The molecule has 0 saturated heterocycles. The van der Waals surface area contributed by atoms with Crippen LogP contribution in [-0.4, -0.2) is 16.1 Å². The van der Waals surface area contributed by atoms with Crippen LogP contribution >= 0.6 is 22.9 Å². The van der Waals surface area contributed by atoms with E-state index in [0.717, 1.165) is 17.4 Å². The average molecular weight is 337 g/mol. The average Bonchev–Trinajstić information content (AvgIpc) is 2.71. The van der Waals surface area contributed by atoms with E-state index in [4.69, 9.17) is 16.7 Å². The van der Waals surface area contributed by atoms with Gasteiger partial charge in [-0.15, -0.1) is 11.3 Å². The highest BCUT2D eigenvalue weighted by Gasteiger charge is 2.34. The molecular weight excluding hydrogens is 329 g/mol. The molecule has 2 aromatic rings. The standard InChI is InChI=1S/C12H8ClF3N2O2S/c1-5-9(10(19)20)18-11(21-5)17-8-3-2-6(13)4-7(8)12(14,15)16/h2-4H,1H3,(H,17,18)(H,19,20). The van der Waals surface area contributed by atoms with Crippen molar-refractivity contribution >= 4 is 39.7 Å². The molecule has 2 N–H and O–H groups in total. The summed E-state index contributed by atoms with van der Waals surface area (Å²) in [4.78, 5) is 15.0. The summed E-state index contributed by atoms with van der Waals surface area (Å²) in [7, 11) is 0. The molecule has 0 fully saturated rings. The summed E-state index contributed by atoms with van der Waals surface area (Å²) < 4.78 is 38.8. The second-order valence-electron chi connectivity index (χ2n) is 4.04. The minimum atomic E-state index is -4.59. The molecule has 0 unspecified atom stereocenters.